The molecule has 1 unspecified atom stereocenters. The Morgan fingerprint density at radius 2 is 1.97 bits per heavy atom. The van der Waals surface area contributed by atoms with Gasteiger partial charge in [-0.1, -0.05) is 31.2 Å². The molecule has 0 spiro atoms. The third-order valence-electron chi connectivity index (χ3n) is 5.76. The van der Waals surface area contributed by atoms with Crippen LogP contribution in [0.4, 0.5) is 5.69 Å². The number of fused-ring (bicyclic) bond motifs is 1. The van der Waals surface area contributed by atoms with E-state index in [1.54, 1.807) is 23.5 Å². The van der Waals surface area contributed by atoms with E-state index >= 15 is 0 Å². The number of aliphatic imine (C=N–C) groups is 1. The van der Waals surface area contributed by atoms with Crippen LogP contribution in [0.5, 0.6) is 0 Å². The number of amides is 2. The normalized spacial score (nSPS) is 17.5. The summed E-state index contributed by atoms with van der Waals surface area (Å²) in [6, 6.07) is 11.8. The summed E-state index contributed by atoms with van der Waals surface area (Å²) in [7, 11) is 0. The fourth-order valence-electron chi connectivity index (χ4n) is 4.01. The van der Waals surface area contributed by atoms with Gasteiger partial charge in [0.15, 0.2) is 0 Å². The number of rotatable bonds is 7. The molecule has 2 aliphatic rings. The number of hydrogen-bond acceptors (Lipinski definition) is 5. The van der Waals surface area contributed by atoms with Crippen LogP contribution in [0.1, 0.15) is 31.4 Å². The van der Waals surface area contributed by atoms with Gasteiger partial charge in [0, 0.05) is 37.2 Å². The van der Waals surface area contributed by atoms with E-state index in [1.165, 1.54) is 10.6 Å². The van der Waals surface area contributed by atoms with E-state index in [2.05, 4.69) is 22.0 Å². The Labute approximate surface area is 188 Å². The minimum absolute atomic E-state index is 0.105. The summed E-state index contributed by atoms with van der Waals surface area (Å²) in [5, 5.41) is 5.90. The van der Waals surface area contributed by atoms with E-state index in [0.29, 0.717) is 30.8 Å². The van der Waals surface area contributed by atoms with Gasteiger partial charge in [0.25, 0.3) is 5.91 Å². The average Bonchev–Trinajstić information content (AvgIpc) is 2.83. The Morgan fingerprint density at radius 3 is 2.66 bits per heavy atom. The smallest absolute Gasteiger partial charge is 0.252 e. The highest BCUT2D eigenvalue weighted by molar-refractivity contribution is 6.47. The number of hydrogen-bond donors (Lipinski definition) is 0. The number of anilines is 1. The third-order valence-corrected chi connectivity index (χ3v) is 5.76. The fourth-order valence-corrected chi connectivity index (χ4v) is 4.01. The summed E-state index contributed by atoms with van der Waals surface area (Å²) in [6.45, 7) is 4.43. The first kappa shape index (κ1) is 21.6. The number of benzene rings is 1. The lowest BCUT2D eigenvalue weighted by Gasteiger charge is -2.32. The van der Waals surface area contributed by atoms with Crippen LogP contribution >= 0.6 is 0 Å². The molecular formula is C25H27N5O2. The molecule has 2 amide bonds. The van der Waals surface area contributed by atoms with Crippen molar-refractivity contribution < 1.29 is 9.59 Å². The molecule has 0 saturated carbocycles. The Kier molecular flexibility index (Phi) is 6.54. The van der Waals surface area contributed by atoms with E-state index in [0.717, 1.165) is 17.7 Å². The number of allylic oxidation sites excluding steroid dienone is 1. The predicted octanol–water partition coefficient (Wildman–Crippen LogP) is 3.41. The first-order chi connectivity index (χ1) is 15.6. The lowest BCUT2D eigenvalue weighted by molar-refractivity contribution is -0.137. The van der Waals surface area contributed by atoms with Crippen molar-refractivity contribution in [3.05, 3.63) is 72.2 Å². The van der Waals surface area contributed by atoms with E-state index in [9.17, 15) is 9.59 Å². The molecule has 0 radical (unpaired) electrons. The summed E-state index contributed by atoms with van der Waals surface area (Å²) < 4.78 is 0. The van der Waals surface area contributed by atoms with Crippen molar-refractivity contribution in [1.29, 1.82) is 0 Å². The molecule has 0 aliphatic carbocycles. The summed E-state index contributed by atoms with van der Waals surface area (Å²) in [4.78, 5) is 36.6. The van der Waals surface area contributed by atoms with Gasteiger partial charge in [-0.15, -0.1) is 0 Å². The largest absolute Gasteiger partial charge is 0.311 e. The van der Waals surface area contributed by atoms with Gasteiger partial charge in [0.05, 0.1) is 17.3 Å². The van der Waals surface area contributed by atoms with Gasteiger partial charge in [0.1, 0.15) is 6.54 Å². The van der Waals surface area contributed by atoms with E-state index < -0.39 is 5.92 Å². The maximum Gasteiger partial charge on any atom is 0.252 e. The van der Waals surface area contributed by atoms with Crippen molar-refractivity contribution in [2.24, 2.45) is 16.0 Å². The monoisotopic (exact) mass is 429 g/mol. The second-order valence-corrected chi connectivity index (χ2v) is 7.83. The summed E-state index contributed by atoms with van der Waals surface area (Å²) in [5.74, 6) is -0.758. The number of aromatic nitrogens is 1. The van der Waals surface area contributed by atoms with Crippen LogP contribution in [0.15, 0.2) is 71.2 Å². The highest BCUT2D eigenvalue weighted by atomic mass is 16.2. The Morgan fingerprint density at radius 1 is 1.16 bits per heavy atom. The second kappa shape index (κ2) is 9.68. The van der Waals surface area contributed by atoms with Crippen LogP contribution < -0.4 is 4.90 Å². The molecule has 2 aromatic rings. The number of hydrazone groups is 1. The van der Waals surface area contributed by atoms with Crippen molar-refractivity contribution >= 4 is 28.9 Å². The molecule has 0 fully saturated rings. The molecule has 0 saturated heterocycles. The van der Waals surface area contributed by atoms with Crippen LogP contribution in [0.2, 0.25) is 0 Å². The van der Waals surface area contributed by atoms with Crippen LogP contribution in [-0.4, -0.2) is 46.3 Å². The molecule has 7 nitrogen and oxygen atoms in total. The molecule has 3 heterocycles. The van der Waals surface area contributed by atoms with Crippen molar-refractivity contribution in [1.82, 2.24) is 9.99 Å². The molecule has 32 heavy (non-hydrogen) atoms. The Hall–Kier alpha value is -3.61. The number of pyridine rings is 1. The number of carbonyl (C=O) groups excluding carboxylic acids is 2. The van der Waals surface area contributed by atoms with Crippen molar-refractivity contribution in [2.75, 3.05) is 18.0 Å². The second-order valence-electron chi connectivity index (χ2n) is 7.83. The zero-order chi connectivity index (χ0) is 22.5. The lowest BCUT2D eigenvalue weighted by Crippen LogP contribution is -2.49. The van der Waals surface area contributed by atoms with Gasteiger partial charge in [-0.25, -0.2) is 5.01 Å². The molecule has 1 aromatic heterocycles. The quantitative estimate of drug-likeness (QED) is 0.677. The fraction of sp³-hybridized carbons (Fsp3) is 0.320. The zero-order valence-electron chi connectivity index (χ0n) is 18.4. The minimum atomic E-state index is -0.407. The topological polar surface area (TPSA) is 78.2 Å². The number of carbonyl (C=O) groups is 2. The van der Waals surface area contributed by atoms with E-state index in [-0.39, 0.29) is 18.4 Å². The molecular weight excluding hydrogens is 402 g/mol. The van der Waals surface area contributed by atoms with Crippen LogP contribution in [0, 0.1) is 5.92 Å². The third kappa shape index (κ3) is 4.51. The molecule has 7 heteroatoms. The maximum atomic E-state index is 13.2. The Balaban J connectivity index is 1.58. The van der Waals surface area contributed by atoms with E-state index in [4.69, 9.17) is 0 Å². The number of aryl methyl sites for hydroxylation is 1. The standard InChI is InChI=1S/C25H27N5O2/c1-3-18-9-11-20(12-10-18)29(4-2)23(31)17-30-25(32)21-8-6-14-27-24(21)22(28-30)15-19-7-5-13-26-16-19/h5-7,9-14,16,21H,3-4,8,15,17H2,1-2H3. The Bertz CT molecular complexity index is 1070. The summed E-state index contributed by atoms with van der Waals surface area (Å²) in [6.07, 6.45) is 9.11. The average molecular weight is 430 g/mol. The molecule has 4 rings (SSSR count). The first-order valence-corrected chi connectivity index (χ1v) is 11.0. The molecule has 2 aliphatic heterocycles. The lowest BCUT2D eigenvalue weighted by atomic mass is 9.89. The predicted molar refractivity (Wildman–Crippen MR) is 126 cm³/mol. The highest BCUT2D eigenvalue weighted by Crippen LogP contribution is 2.24. The maximum absolute atomic E-state index is 13.2. The molecule has 0 N–H and O–H groups in total. The molecule has 164 valence electrons. The highest BCUT2D eigenvalue weighted by Gasteiger charge is 2.37. The van der Waals surface area contributed by atoms with Gasteiger partial charge in [-0.05, 0) is 49.1 Å². The number of nitrogens with zero attached hydrogens (tertiary/aromatic N) is 5. The van der Waals surface area contributed by atoms with Crippen LogP contribution in [0.25, 0.3) is 0 Å². The molecule has 1 aromatic carbocycles. The van der Waals surface area contributed by atoms with Gasteiger partial charge in [0.2, 0.25) is 5.91 Å². The summed E-state index contributed by atoms with van der Waals surface area (Å²) in [5.41, 5.74) is 4.41. The van der Waals surface area contributed by atoms with Gasteiger partial charge in [-0.2, -0.15) is 5.10 Å². The van der Waals surface area contributed by atoms with Crippen LogP contribution in [0.3, 0.4) is 0 Å². The number of likely N-dealkylation sites (N-methyl/N-ethyl adjacent to an activating group) is 1. The van der Waals surface area contributed by atoms with Gasteiger partial charge < -0.3 is 4.90 Å². The van der Waals surface area contributed by atoms with Gasteiger partial charge in [-0.3, -0.25) is 19.6 Å². The molecule has 1 atom stereocenters. The van der Waals surface area contributed by atoms with Crippen molar-refractivity contribution in [3.63, 3.8) is 0 Å². The van der Waals surface area contributed by atoms with Crippen molar-refractivity contribution in [2.45, 2.75) is 33.1 Å². The zero-order valence-corrected chi connectivity index (χ0v) is 18.4. The SMILES string of the molecule is CCc1ccc(N(CC)C(=O)CN2N=C(Cc3cccnc3)C3=NC=CCC3C2=O)cc1. The van der Waals surface area contributed by atoms with E-state index in [1.807, 2.05) is 49.4 Å². The van der Waals surface area contributed by atoms with Gasteiger partial charge >= 0.3 is 0 Å². The minimum Gasteiger partial charge on any atom is -0.311 e. The molecule has 0 bridgehead atoms. The first-order valence-electron chi connectivity index (χ1n) is 11.0. The van der Waals surface area contributed by atoms with Crippen molar-refractivity contribution in [3.8, 4) is 0 Å². The summed E-state index contributed by atoms with van der Waals surface area (Å²) >= 11 is 0. The van der Waals surface area contributed by atoms with Crippen LogP contribution in [-0.2, 0) is 22.4 Å².